The Balaban J connectivity index is 2.00. The number of aromatic nitrogens is 3. The van der Waals surface area contributed by atoms with Crippen LogP contribution in [0.1, 0.15) is 16.8 Å². The number of nitrogens with one attached hydrogen (secondary N) is 1. The maximum atomic E-state index is 11.1. The molecule has 0 unspecified atom stereocenters. The highest BCUT2D eigenvalue weighted by atomic mass is 35.5. The van der Waals surface area contributed by atoms with Crippen LogP contribution in [0.5, 0.6) is 0 Å². The Morgan fingerprint density at radius 1 is 1.50 bits per heavy atom. The molecule has 0 atom stereocenters. The highest BCUT2D eigenvalue weighted by Gasteiger charge is 2.06. The fourth-order valence-electron chi connectivity index (χ4n) is 1.71. The Bertz CT molecular complexity index is 611. The predicted octanol–water partition coefficient (Wildman–Crippen LogP) is 0.863. The molecule has 1 heterocycles. The van der Waals surface area contributed by atoms with E-state index in [4.69, 9.17) is 17.3 Å². The van der Waals surface area contributed by atoms with E-state index < -0.39 is 0 Å². The van der Waals surface area contributed by atoms with Crippen LogP contribution in [-0.2, 0) is 17.9 Å². The van der Waals surface area contributed by atoms with Gasteiger partial charge in [-0.1, -0.05) is 28.9 Å². The number of amides is 1. The SMILES string of the molecule is Cc1ccc(Cn2cc(CNC(=O)CN)nn2)c(Cl)c1. The Morgan fingerprint density at radius 3 is 3.00 bits per heavy atom. The van der Waals surface area contributed by atoms with E-state index in [2.05, 4.69) is 15.6 Å². The summed E-state index contributed by atoms with van der Waals surface area (Å²) < 4.78 is 1.68. The number of benzene rings is 1. The van der Waals surface area contributed by atoms with Gasteiger partial charge in [-0.2, -0.15) is 0 Å². The number of aryl methyl sites for hydroxylation is 1. The predicted molar refractivity (Wildman–Crippen MR) is 76.2 cm³/mol. The van der Waals surface area contributed by atoms with Crippen LogP contribution < -0.4 is 11.1 Å². The lowest BCUT2D eigenvalue weighted by molar-refractivity contribution is -0.119. The molecule has 1 amide bonds. The van der Waals surface area contributed by atoms with Gasteiger partial charge in [-0.15, -0.1) is 5.10 Å². The van der Waals surface area contributed by atoms with Crippen LogP contribution in [0.15, 0.2) is 24.4 Å². The highest BCUT2D eigenvalue weighted by Crippen LogP contribution is 2.18. The molecule has 0 spiro atoms. The molecule has 0 fully saturated rings. The van der Waals surface area contributed by atoms with E-state index >= 15 is 0 Å². The third-order valence-electron chi connectivity index (χ3n) is 2.78. The summed E-state index contributed by atoms with van der Waals surface area (Å²) in [5.74, 6) is -0.221. The molecular formula is C13H16ClN5O. The van der Waals surface area contributed by atoms with Crippen LogP contribution in [-0.4, -0.2) is 27.4 Å². The number of halogens is 1. The molecule has 0 saturated carbocycles. The van der Waals surface area contributed by atoms with Crippen LogP contribution in [0.4, 0.5) is 0 Å². The Kier molecular flexibility index (Phi) is 4.70. The number of rotatable bonds is 5. The van der Waals surface area contributed by atoms with E-state index in [1.165, 1.54) is 0 Å². The molecule has 106 valence electrons. The highest BCUT2D eigenvalue weighted by molar-refractivity contribution is 6.31. The van der Waals surface area contributed by atoms with Crippen molar-refractivity contribution in [3.05, 3.63) is 46.2 Å². The van der Waals surface area contributed by atoms with Crippen LogP contribution in [0, 0.1) is 6.92 Å². The fourth-order valence-corrected chi connectivity index (χ4v) is 2.01. The van der Waals surface area contributed by atoms with Gasteiger partial charge in [0.1, 0.15) is 5.69 Å². The van der Waals surface area contributed by atoms with Gasteiger partial charge in [-0.25, -0.2) is 4.68 Å². The standard InChI is InChI=1S/C13H16ClN5O/c1-9-2-3-10(12(14)4-9)7-19-8-11(17-18-19)6-16-13(20)5-15/h2-4,8H,5-7,15H2,1H3,(H,16,20). The largest absolute Gasteiger partial charge is 0.349 e. The van der Waals surface area contributed by atoms with E-state index in [9.17, 15) is 4.79 Å². The lowest BCUT2D eigenvalue weighted by Crippen LogP contribution is -2.29. The van der Waals surface area contributed by atoms with Gasteiger partial charge < -0.3 is 11.1 Å². The number of carbonyl (C=O) groups excluding carboxylic acids is 1. The van der Waals surface area contributed by atoms with Gasteiger partial charge >= 0.3 is 0 Å². The molecule has 0 aliphatic carbocycles. The summed E-state index contributed by atoms with van der Waals surface area (Å²) in [5, 5.41) is 11.3. The maximum Gasteiger partial charge on any atom is 0.234 e. The third-order valence-corrected chi connectivity index (χ3v) is 3.13. The van der Waals surface area contributed by atoms with Gasteiger partial charge in [0, 0.05) is 5.02 Å². The van der Waals surface area contributed by atoms with Gasteiger partial charge in [0.25, 0.3) is 0 Å². The molecule has 0 radical (unpaired) electrons. The van der Waals surface area contributed by atoms with Crippen molar-refractivity contribution in [3.63, 3.8) is 0 Å². The first-order chi connectivity index (χ1) is 9.58. The molecule has 2 aromatic rings. The molecule has 7 heteroatoms. The van der Waals surface area contributed by atoms with Crippen molar-refractivity contribution in [2.75, 3.05) is 6.54 Å². The number of nitrogens with zero attached hydrogens (tertiary/aromatic N) is 3. The zero-order valence-corrected chi connectivity index (χ0v) is 11.9. The van der Waals surface area contributed by atoms with Gasteiger partial charge in [0.15, 0.2) is 0 Å². The normalized spacial score (nSPS) is 10.6. The molecule has 3 N–H and O–H groups in total. The number of hydrogen-bond donors (Lipinski definition) is 2. The van der Waals surface area contributed by atoms with Crippen molar-refractivity contribution < 1.29 is 4.79 Å². The van der Waals surface area contributed by atoms with Gasteiger partial charge in [-0.3, -0.25) is 4.79 Å². The van der Waals surface area contributed by atoms with Crippen molar-refractivity contribution >= 4 is 17.5 Å². The fraction of sp³-hybridized carbons (Fsp3) is 0.308. The van der Waals surface area contributed by atoms with Crippen molar-refractivity contribution in [2.45, 2.75) is 20.0 Å². The minimum Gasteiger partial charge on any atom is -0.349 e. The third kappa shape index (κ3) is 3.79. The molecule has 2 rings (SSSR count). The monoisotopic (exact) mass is 293 g/mol. The second-order valence-electron chi connectivity index (χ2n) is 4.48. The second kappa shape index (κ2) is 6.49. The molecule has 6 nitrogen and oxygen atoms in total. The summed E-state index contributed by atoms with van der Waals surface area (Å²) in [5.41, 5.74) is 7.97. The first-order valence-electron chi connectivity index (χ1n) is 6.19. The summed E-state index contributed by atoms with van der Waals surface area (Å²) in [6, 6.07) is 5.88. The lowest BCUT2D eigenvalue weighted by atomic mass is 10.1. The topological polar surface area (TPSA) is 85.8 Å². The minimum atomic E-state index is -0.221. The van der Waals surface area contributed by atoms with Gasteiger partial charge in [0.05, 0.1) is 25.8 Å². The number of hydrogen-bond acceptors (Lipinski definition) is 4. The molecule has 0 saturated heterocycles. The average molecular weight is 294 g/mol. The van der Waals surface area contributed by atoms with Gasteiger partial charge in [-0.05, 0) is 24.1 Å². The lowest BCUT2D eigenvalue weighted by Gasteiger charge is -2.04. The van der Waals surface area contributed by atoms with Crippen molar-refractivity contribution in [1.82, 2.24) is 20.3 Å². The van der Waals surface area contributed by atoms with Crippen LogP contribution in [0.3, 0.4) is 0 Å². The Labute approximate surface area is 121 Å². The number of carbonyl (C=O) groups is 1. The van der Waals surface area contributed by atoms with Gasteiger partial charge in [0.2, 0.25) is 5.91 Å². The van der Waals surface area contributed by atoms with Crippen LogP contribution >= 0.6 is 11.6 Å². The molecule has 0 aliphatic rings. The van der Waals surface area contributed by atoms with Crippen molar-refractivity contribution in [1.29, 1.82) is 0 Å². The van der Waals surface area contributed by atoms with Crippen LogP contribution in [0.2, 0.25) is 5.02 Å². The van der Waals surface area contributed by atoms with E-state index in [-0.39, 0.29) is 12.5 Å². The Morgan fingerprint density at radius 2 is 2.30 bits per heavy atom. The number of nitrogens with two attached hydrogens (primary N) is 1. The van der Waals surface area contributed by atoms with E-state index in [0.29, 0.717) is 23.8 Å². The molecule has 1 aromatic heterocycles. The summed E-state index contributed by atoms with van der Waals surface area (Å²) in [6.07, 6.45) is 1.77. The quantitative estimate of drug-likeness (QED) is 0.856. The summed E-state index contributed by atoms with van der Waals surface area (Å²) in [7, 11) is 0. The zero-order valence-electron chi connectivity index (χ0n) is 11.1. The first-order valence-corrected chi connectivity index (χ1v) is 6.57. The molecule has 1 aromatic carbocycles. The second-order valence-corrected chi connectivity index (χ2v) is 4.89. The van der Waals surface area contributed by atoms with E-state index in [1.54, 1.807) is 10.9 Å². The first kappa shape index (κ1) is 14.5. The Hall–Kier alpha value is -1.92. The maximum absolute atomic E-state index is 11.1. The smallest absolute Gasteiger partial charge is 0.234 e. The summed E-state index contributed by atoms with van der Waals surface area (Å²) in [4.78, 5) is 11.1. The summed E-state index contributed by atoms with van der Waals surface area (Å²) >= 11 is 6.18. The average Bonchev–Trinajstić information content (AvgIpc) is 2.87. The summed E-state index contributed by atoms with van der Waals surface area (Å²) in [6.45, 7) is 2.81. The zero-order chi connectivity index (χ0) is 14.5. The van der Waals surface area contributed by atoms with E-state index in [0.717, 1.165) is 11.1 Å². The minimum absolute atomic E-state index is 0.0346. The molecule has 0 bridgehead atoms. The molecule has 0 aliphatic heterocycles. The molecular weight excluding hydrogens is 278 g/mol. The van der Waals surface area contributed by atoms with E-state index in [1.807, 2.05) is 25.1 Å². The van der Waals surface area contributed by atoms with Crippen LogP contribution in [0.25, 0.3) is 0 Å². The van der Waals surface area contributed by atoms with Crippen molar-refractivity contribution in [2.24, 2.45) is 5.73 Å². The molecule has 20 heavy (non-hydrogen) atoms. The van der Waals surface area contributed by atoms with Crippen molar-refractivity contribution in [3.8, 4) is 0 Å².